The van der Waals surface area contributed by atoms with Crippen molar-refractivity contribution >= 4 is 23.3 Å². The van der Waals surface area contributed by atoms with Crippen molar-refractivity contribution in [3.8, 4) is 11.4 Å². The van der Waals surface area contributed by atoms with E-state index >= 15 is 0 Å². The Labute approximate surface area is 242 Å². The number of hydrogen-bond acceptors (Lipinski definition) is 1. The van der Waals surface area contributed by atoms with Crippen LogP contribution in [0.2, 0.25) is 0 Å². The largest absolute Gasteiger partial charge is 0.317 e. The van der Waals surface area contributed by atoms with E-state index in [2.05, 4.69) is 138 Å². The lowest BCUT2D eigenvalue weighted by molar-refractivity contribution is 0.613. The predicted molar refractivity (Wildman–Crippen MR) is 172 cm³/mol. The summed E-state index contributed by atoms with van der Waals surface area (Å²) in [5.74, 6) is 1.03. The molecule has 2 heteroatoms. The van der Waals surface area contributed by atoms with Gasteiger partial charge in [-0.15, -0.1) is 5.73 Å². The number of aryl methyl sites for hydroxylation is 1. The van der Waals surface area contributed by atoms with E-state index < -0.39 is 0 Å². The molecular weight excluding hydrogens is 496 g/mol. The highest BCUT2D eigenvalue weighted by Crippen LogP contribution is 2.38. The maximum atomic E-state index is 5.24. The van der Waals surface area contributed by atoms with E-state index in [9.17, 15) is 0 Å². The third-order valence-electron chi connectivity index (χ3n) is 8.20. The molecule has 1 atom stereocenters. The first-order valence-corrected chi connectivity index (χ1v) is 14.5. The smallest absolute Gasteiger partial charge is 0.141 e. The fraction of sp³-hybridized carbons (Fsp3) is 0.128. The first-order chi connectivity index (χ1) is 20.3. The van der Waals surface area contributed by atoms with E-state index in [1.165, 1.54) is 39.2 Å². The van der Waals surface area contributed by atoms with Crippen molar-refractivity contribution in [3.63, 3.8) is 0 Å². The number of rotatable bonds is 3. The van der Waals surface area contributed by atoms with Gasteiger partial charge >= 0.3 is 0 Å². The Kier molecular flexibility index (Phi) is 6.69. The molecule has 1 aromatic heterocycles. The minimum atomic E-state index is 0.195. The fourth-order valence-electron chi connectivity index (χ4n) is 6.21. The van der Waals surface area contributed by atoms with Crippen molar-refractivity contribution in [2.45, 2.75) is 31.7 Å². The summed E-state index contributed by atoms with van der Waals surface area (Å²) in [5, 5.41) is 0. The van der Waals surface area contributed by atoms with Gasteiger partial charge < -0.3 is 4.57 Å². The summed E-state index contributed by atoms with van der Waals surface area (Å²) in [4.78, 5) is 5.24. The van der Waals surface area contributed by atoms with Gasteiger partial charge in [0.2, 0.25) is 0 Å². The quantitative estimate of drug-likeness (QED) is 0.242. The second-order valence-electron chi connectivity index (χ2n) is 10.8. The Hall–Kier alpha value is -4.91. The second kappa shape index (κ2) is 10.9. The van der Waals surface area contributed by atoms with Gasteiger partial charge in [0.15, 0.2) is 0 Å². The summed E-state index contributed by atoms with van der Waals surface area (Å²) < 4.78 is 2.43. The number of aromatic nitrogens is 2. The monoisotopic (exact) mass is 528 g/mol. The lowest BCUT2D eigenvalue weighted by Gasteiger charge is -2.20. The molecule has 0 amide bonds. The minimum Gasteiger partial charge on any atom is -0.317 e. The van der Waals surface area contributed by atoms with E-state index in [0.29, 0.717) is 0 Å². The third kappa shape index (κ3) is 4.73. The molecule has 0 fully saturated rings. The number of nitrogens with zero attached hydrogens (tertiary/aromatic N) is 2. The highest BCUT2D eigenvalue weighted by Gasteiger charge is 2.23. The summed E-state index contributed by atoms with van der Waals surface area (Å²) in [6.45, 7) is 4.57. The van der Waals surface area contributed by atoms with Crippen molar-refractivity contribution in [2.75, 3.05) is 0 Å². The van der Waals surface area contributed by atoms with Gasteiger partial charge in [-0.1, -0.05) is 110 Å². The van der Waals surface area contributed by atoms with Gasteiger partial charge in [-0.25, -0.2) is 4.98 Å². The average Bonchev–Trinajstić information content (AvgIpc) is 3.20. The molecule has 0 spiro atoms. The van der Waals surface area contributed by atoms with Crippen LogP contribution in [-0.4, -0.2) is 9.55 Å². The topological polar surface area (TPSA) is 17.8 Å². The van der Waals surface area contributed by atoms with Crippen LogP contribution in [0.3, 0.4) is 0 Å². The molecule has 0 N–H and O–H groups in total. The van der Waals surface area contributed by atoms with Crippen LogP contribution in [0.5, 0.6) is 0 Å². The minimum absolute atomic E-state index is 0.195. The second-order valence-corrected chi connectivity index (χ2v) is 10.8. The molecular formula is C39H32N2. The van der Waals surface area contributed by atoms with Gasteiger partial charge in [0.1, 0.15) is 5.82 Å². The van der Waals surface area contributed by atoms with E-state index in [-0.39, 0.29) is 6.04 Å². The zero-order valence-corrected chi connectivity index (χ0v) is 23.1. The van der Waals surface area contributed by atoms with Crippen molar-refractivity contribution in [1.29, 1.82) is 0 Å². The molecule has 7 rings (SSSR count). The first-order valence-electron chi connectivity index (χ1n) is 14.5. The van der Waals surface area contributed by atoms with Crippen LogP contribution in [0.15, 0.2) is 128 Å². The molecule has 1 unspecified atom stereocenters. The first kappa shape index (κ1) is 25.1. The predicted octanol–water partition coefficient (Wildman–Crippen LogP) is 9.63. The lowest BCUT2D eigenvalue weighted by atomic mass is 9.85. The molecule has 0 bridgehead atoms. The van der Waals surface area contributed by atoms with Crippen molar-refractivity contribution < 1.29 is 0 Å². The standard InChI is InChI=1S/C39H32N2/c1-28-33-21-8-6-15-29(33)16-7-9-23-35(36-24-11-10-22-34(28)36)30-17-14-18-31(27-30)39-40-37-25-12-13-26-38(37)41(39)32-19-4-2-3-5-20-32/h2,4-8,10-11,13-19,21-24,26-27,32H,1,9,12,20,25H2/b16-7-,35-23-. The van der Waals surface area contributed by atoms with Gasteiger partial charge in [-0.05, 0) is 88.9 Å². The van der Waals surface area contributed by atoms with Gasteiger partial charge in [0.05, 0.1) is 17.4 Å². The van der Waals surface area contributed by atoms with Gasteiger partial charge in [0, 0.05) is 5.56 Å². The van der Waals surface area contributed by atoms with Crippen LogP contribution in [-0.2, 0) is 6.42 Å². The summed E-state index contributed by atoms with van der Waals surface area (Å²) in [7, 11) is 0. The molecule has 4 aromatic rings. The molecule has 3 aliphatic rings. The maximum absolute atomic E-state index is 5.24. The van der Waals surface area contributed by atoms with Crippen molar-refractivity contribution in [2.24, 2.45) is 0 Å². The Balaban J connectivity index is 1.37. The van der Waals surface area contributed by atoms with E-state index in [0.717, 1.165) is 48.2 Å². The molecule has 0 radical (unpaired) electrons. The summed E-state index contributed by atoms with van der Waals surface area (Å²) >= 11 is 0. The van der Waals surface area contributed by atoms with Crippen LogP contribution in [0.4, 0.5) is 0 Å². The number of benzene rings is 3. The molecule has 0 saturated heterocycles. The Morgan fingerprint density at radius 3 is 2.61 bits per heavy atom. The molecule has 41 heavy (non-hydrogen) atoms. The van der Waals surface area contributed by atoms with Gasteiger partial charge in [0.25, 0.3) is 0 Å². The molecule has 1 heterocycles. The fourth-order valence-corrected chi connectivity index (χ4v) is 6.21. The van der Waals surface area contributed by atoms with Crippen LogP contribution in [0.25, 0.3) is 34.7 Å². The summed E-state index contributed by atoms with van der Waals surface area (Å²) in [6, 6.07) is 26.3. The number of allylic oxidation sites excluding steroid dienone is 6. The van der Waals surface area contributed by atoms with Gasteiger partial charge in [-0.3, -0.25) is 0 Å². The maximum Gasteiger partial charge on any atom is 0.141 e. The number of imidazole rings is 1. The Morgan fingerprint density at radius 2 is 1.68 bits per heavy atom. The normalized spacial score (nSPS) is 19.5. The van der Waals surface area contributed by atoms with Crippen molar-refractivity contribution in [1.82, 2.24) is 9.55 Å². The van der Waals surface area contributed by atoms with E-state index in [1.54, 1.807) is 0 Å². The van der Waals surface area contributed by atoms with Crippen LogP contribution in [0.1, 0.15) is 64.5 Å². The van der Waals surface area contributed by atoms with Gasteiger partial charge in [-0.2, -0.15) is 0 Å². The molecule has 2 nitrogen and oxygen atoms in total. The van der Waals surface area contributed by atoms with E-state index in [4.69, 9.17) is 4.98 Å². The van der Waals surface area contributed by atoms with Crippen LogP contribution >= 0.6 is 0 Å². The van der Waals surface area contributed by atoms with Crippen LogP contribution in [0, 0.1) is 0 Å². The number of fused-ring (bicyclic) bond motifs is 3. The Morgan fingerprint density at radius 1 is 0.854 bits per heavy atom. The zero-order valence-electron chi connectivity index (χ0n) is 23.1. The van der Waals surface area contributed by atoms with E-state index in [1.807, 2.05) is 6.08 Å². The molecule has 3 aliphatic carbocycles. The summed E-state index contributed by atoms with van der Waals surface area (Å²) in [5.41, 5.74) is 15.0. The highest BCUT2D eigenvalue weighted by atomic mass is 15.1. The summed E-state index contributed by atoms with van der Waals surface area (Å²) in [6.07, 6.45) is 23.6. The number of hydrogen-bond donors (Lipinski definition) is 0. The van der Waals surface area contributed by atoms with Crippen molar-refractivity contribution in [3.05, 3.63) is 167 Å². The zero-order chi connectivity index (χ0) is 27.6. The Bertz CT molecular complexity index is 1850. The molecule has 0 aliphatic heterocycles. The molecule has 3 aromatic carbocycles. The highest BCUT2D eigenvalue weighted by molar-refractivity contribution is 5.93. The average molecular weight is 529 g/mol. The molecule has 0 saturated carbocycles. The lowest BCUT2D eigenvalue weighted by Crippen LogP contribution is -2.10. The third-order valence-corrected chi connectivity index (χ3v) is 8.20. The SMILES string of the molecule is C=C1c2ccccc2/C=C\C/C=C(/c2cccc(-c3nc4c(n3C3C=CC=C=CC3)C=CCC4)c2)c2ccccc21. The molecule has 198 valence electrons. The van der Waals surface area contributed by atoms with Crippen LogP contribution < -0.4 is 0 Å².